The lowest BCUT2D eigenvalue weighted by atomic mass is 10.1. The van der Waals surface area contributed by atoms with E-state index in [1.54, 1.807) is 0 Å². The molecule has 0 spiro atoms. The third-order valence-corrected chi connectivity index (χ3v) is 2.87. The smallest absolute Gasteiger partial charge is 0.0584 e. The second kappa shape index (κ2) is 12.0. The maximum Gasteiger partial charge on any atom is 0.0584 e. The van der Waals surface area contributed by atoms with E-state index < -0.39 is 0 Å². The SMILES string of the molecule is CCCCCCCCCC(CO)NCC. The van der Waals surface area contributed by atoms with Crippen LogP contribution in [0.2, 0.25) is 0 Å². The molecule has 0 amide bonds. The predicted molar refractivity (Wildman–Crippen MR) is 67.2 cm³/mol. The molecule has 2 N–H and O–H groups in total. The quantitative estimate of drug-likeness (QED) is 0.519. The lowest BCUT2D eigenvalue weighted by molar-refractivity contribution is 0.234. The third-order valence-electron chi connectivity index (χ3n) is 2.87. The van der Waals surface area contributed by atoms with Crippen LogP contribution < -0.4 is 5.32 Å². The summed E-state index contributed by atoms with van der Waals surface area (Å²) < 4.78 is 0. The Morgan fingerprint density at radius 3 is 2.07 bits per heavy atom. The highest BCUT2D eigenvalue weighted by Gasteiger charge is 2.03. The second-order valence-electron chi connectivity index (χ2n) is 4.35. The Labute approximate surface area is 95.5 Å². The molecule has 15 heavy (non-hydrogen) atoms. The molecule has 0 radical (unpaired) electrons. The van der Waals surface area contributed by atoms with Crippen LogP contribution in [0, 0.1) is 0 Å². The summed E-state index contributed by atoms with van der Waals surface area (Å²) >= 11 is 0. The van der Waals surface area contributed by atoms with Gasteiger partial charge in [-0.05, 0) is 13.0 Å². The number of nitrogens with one attached hydrogen (secondary N) is 1. The van der Waals surface area contributed by atoms with Crippen LogP contribution in [0.1, 0.15) is 65.2 Å². The molecule has 0 saturated heterocycles. The normalized spacial score (nSPS) is 13.0. The first-order valence-electron chi connectivity index (χ1n) is 6.69. The Hall–Kier alpha value is -0.0800. The van der Waals surface area contributed by atoms with E-state index in [-0.39, 0.29) is 6.61 Å². The van der Waals surface area contributed by atoms with Crippen LogP contribution in [0.3, 0.4) is 0 Å². The maximum atomic E-state index is 9.07. The van der Waals surface area contributed by atoms with Gasteiger partial charge in [-0.25, -0.2) is 0 Å². The van der Waals surface area contributed by atoms with Gasteiger partial charge in [0.1, 0.15) is 0 Å². The van der Waals surface area contributed by atoms with Crippen molar-refractivity contribution in [2.45, 2.75) is 71.3 Å². The minimum absolute atomic E-state index is 0.281. The number of hydrogen-bond acceptors (Lipinski definition) is 2. The van der Waals surface area contributed by atoms with E-state index in [0.717, 1.165) is 13.0 Å². The number of aliphatic hydroxyl groups excluding tert-OH is 1. The van der Waals surface area contributed by atoms with Crippen LogP contribution >= 0.6 is 0 Å². The van der Waals surface area contributed by atoms with Crippen LogP contribution in [0.5, 0.6) is 0 Å². The molecule has 0 aliphatic rings. The molecule has 92 valence electrons. The van der Waals surface area contributed by atoms with Gasteiger partial charge in [0, 0.05) is 6.04 Å². The van der Waals surface area contributed by atoms with Crippen molar-refractivity contribution in [3.8, 4) is 0 Å². The zero-order valence-electron chi connectivity index (χ0n) is 10.6. The summed E-state index contributed by atoms with van der Waals surface area (Å²) in [6, 6.07) is 0.325. The van der Waals surface area contributed by atoms with Gasteiger partial charge in [-0.15, -0.1) is 0 Å². The van der Waals surface area contributed by atoms with Gasteiger partial charge in [-0.1, -0.05) is 58.8 Å². The van der Waals surface area contributed by atoms with E-state index in [9.17, 15) is 0 Å². The molecule has 0 aromatic heterocycles. The lowest BCUT2D eigenvalue weighted by Crippen LogP contribution is -2.32. The zero-order chi connectivity index (χ0) is 11.4. The molecule has 0 saturated carbocycles. The largest absolute Gasteiger partial charge is 0.395 e. The second-order valence-corrected chi connectivity index (χ2v) is 4.35. The van der Waals surface area contributed by atoms with E-state index in [1.807, 2.05) is 0 Å². The zero-order valence-corrected chi connectivity index (χ0v) is 10.6. The van der Waals surface area contributed by atoms with E-state index in [1.165, 1.54) is 44.9 Å². The minimum Gasteiger partial charge on any atom is -0.395 e. The standard InChI is InChI=1S/C13H29NO/c1-3-5-6-7-8-9-10-11-13(12-15)14-4-2/h13-15H,3-12H2,1-2H3. The Balaban J connectivity index is 3.14. The van der Waals surface area contributed by atoms with Gasteiger partial charge in [-0.2, -0.15) is 0 Å². The van der Waals surface area contributed by atoms with Crippen molar-refractivity contribution in [1.29, 1.82) is 0 Å². The molecule has 1 atom stereocenters. The van der Waals surface area contributed by atoms with Crippen LogP contribution in [0.15, 0.2) is 0 Å². The number of hydrogen-bond donors (Lipinski definition) is 2. The fourth-order valence-corrected chi connectivity index (χ4v) is 1.89. The molecule has 0 aliphatic carbocycles. The summed E-state index contributed by atoms with van der Waals surface area (Å²) in [5.41, 5.74) is 0. The molecular formula is C13H29NO. The highest BCUT2D eigenvalue weighted by molar-refractivity contribution is 4.63. The molecule has 2 heteroatoms. The summed E-state index contributed by atoms with van der Waals surface area (Å²) in [6.07, 6.45) is 10.6. The predicted octanol–water partition coefficient (Wildman–Crippen LogP) is 3.10. The van der Waals surface area contributed by atoms with Gasteiger partial charge in [0.25, 0.3) is 0 Å². The van der Waals surface area contributed by atoms with E-state index in [4.69, 9.17) is 5.11 Å². The Bertz CT molecular complexity index is 117. The fourth-order valence-electron chi connectivity index (χ4n) is 1.89. The number of rotatable bonds is 11. The van der Waals surface area contributed by atoms with Crippen LogP contribution in [-0.4, -0.2) is 24.3 Å². The number of unbranched alkanes of at least 4 members (excludes halogenated alkanes) is 6. The number of aliphatic hydroxyl groups is 1. The van der Waals surface area contributed by atoms with E-state index >= 15 is 0 Å². The maximum absolute atomic E-state index is 9.07. The molecule has 2 nitrogen and oxygen atoms in total. The third kappa shape index (κ3) is 10.2. The van der Waals surface area contributed by atoms with Crippen molar-refractivity contribution in [2.75, 3.05) is 13.2 Å². The van der Waals surface area contributed by atoms with Gasteiger partial charge >= 0.3 is 0 Å². The molecule has 0 rings (SSSR count). The molecule has 1 unspecified atom stereocenters. The summed E-state index contributed by atoms with van der Waals surface area (Å²) in [4.78, 5) is 0. The first kappa shape index (κ1) is 14.9. The van der Waals surface area contributed by atoms with Gasteiger partial charge in [0.15, 0.2) is 0 Å². The van der Waals surface area contributed by atoms with Gasteiger partial charge < -0.3 is 10.4 Å². The minimum atomic E-state index is 0.281. The Morgan fingerprint density at radius 2 is 1.53 bits per heavy atom. The van der Waals surface area contributed by atoms with Gasteiger partial charge in [0.2, 0.25) is 0 Å². The highest BCUT2D eigenvalue weighted by atomic mass is 16.3. The molecule has 0 heterocycles. The Morgan fingerprint density at radius 1 is 0.933 bits per heavy atom. The summed E-state index contributed by atoms with van der Waals surface area (Å²) in [5, 5.41) is 12.4. The molecule has 0 aromatic carbocycles. The van der Waals surface area contributed by atoms with E-state index in [2.05, 4.69) is 19.2 Å². The van der Waals surface area contributed by atoms with Crippen molar-refractivity contribution in [3.05, 3.63) is 0 Å². The molecule has 0 bridgehead atoms. The van der Waals surface area contributed by atoms with Crippen molar-refractivity contribution >= 4 is 0 Å². The van der Waals surface area contributed by atoms with Crippen molar-refractivity contribution in [3.63, 3.8) is 0 Å². The number of likely N-dealkylation sites (N-methyl/N-ethyl adjacent to an activating group) is 1. The summed E-state index contributed by atoms with van der Waals surface area (Å²) in [5.74, 6) is 0. The summed E-state index contributed by atoms with van der Waals surface area (Å²) in [6.45, 7) is 5.58. The molecular weight excluding hydrogens is 186 g/mol. The van der Waals surface area contributed by atoms with Crippen LogP contribution in [-0.2, 0) is 0 Å². The lowest BCUT2D eigenvalue weighted by Gasteiger charge is -2.14. The monoisotopic (exact) mass is 215 g/mol. The summed E-state index contributed by atoms with van der Waals surface area (Å²) in [7, 11) is 0. The van der Waals surface area contributed by atoms with Gasteiger partial charge in [-0.3, -0.25) is 0 Å². The Kier molecular flexibility index (Phi) is 11.9. The topological polar surface area (TPSA) is 32.3 Å². The van der Waals surface area contributed by atoms with Crippen molar-refractivity contribution in [1.82, 2.24) is 5.32 Å². The van der Waals surface area contributed by atoms with Crippen LogP contribution in [0.25, 0.3) is 0 Å². The fraction of sp³-hybridized carbons (Fsp3) is 1.00. The van der Waals surface area contributed by atoms with Gasteiger partial charge in [0.05, 0.1) is 6.61 Å². The molecule has 0 aromatic rings. The molecule has 0 aliphatic heterocycles. The van der Waals surface area contributed by atoms with Crippen molar-refractivity contribution in [2.24, 2.45) is 0 Å². The van der Waals surface area contributed by atoms with E-state index in [0.29, 0.717) is 6.04 Å². The molecule has 0 fully saturated rings. The highest BCUT2D eigenvalue weighted by Crippen LogP contribution is 2.09. The van der Waals surface area contributed by atoms with Crippen molar-refractivity contribution < 1.29 is 5.11 Å². The first-order chi connectivity index (χ1) is 7.35. The average Bonchev–Trinajstić information content (AvgIpc) is 2.26. The average molecular weight is 215 g/mol. The first-order valence-corrected chi connectivity index (χ1v) is 6.69. The van der Waals surface area contributed by atoms with Crippen LogP contribution in [0.4, 0.5) is 0 Å².